The first-order valence-electron chi connectivity index (χ1n) is 14.5. The van der Waals surface area contributed by atoms with Gasteiger partial charge in [-0.3, -0.25) is 4.79 Å². The number of hydrogen-bond donors (Lipinski definition) is 2. The highest BCUT2D eigenvalue weighted by Crippen LogP contribution is 2.35. The Bertz CT molecular complexity index is 1060. The van der Waals surface area contributed by atoms with Crippen molar-refractivity contribution in [3.05, 3.63) is 64.4 Å². The van der Waals surface area contributed by atoms with Crippen LogP contribution in [0.5, 0.6) is 0 Å². The Morgan fingerprint density at radius 3 is 2.56 bits per heavy atom. The molecule has 1 unspecified atom stereocenters. The van der Waals surface area contributed by atoms with E-state index in [1.807, 2.05) is 32.2 Å². The number of allylic oxidation sites excluding steroid dienone is 5. The van der Waals surface area contributed by atoms with Gasteiger partial charge in [0.05, 0.1) is 11.8 Å². The van der Waals surface area contributed by atoms with Gasteiger partial charge in [-0.1, -0.05) is 78.3 Å². The summed E-state index contributed by atoms with van der Waals surface area (Å²) >= 11 is 1.62. The van der Waals surface area contributed by atoms with Gasteiger partial charge in [-0.2, -0.15) is 0 Å². The Morgan fingerprint density at radius 1 is 1.28 bits per heavy atom. The number of thiazole rings is 1. The maximum absolute atomic E-state index is 10.4. The van der Waals surface area contributed by atoms with Crippen LogP contribution in [-0.4, -0.2) is 29.1 Å². The van der Waals surface area contributed by atoms with E-state index in [-0.39, 0.29) is 0 Å². The van der Waals surface area contributed by atoms with E-state index in [0.29, 0.717) is 12.5 Å². The molecule has 216 valence electrons. The zero-order chi connectivity index (χ0) is 29.0. The van der Waals surface area contributed by atoms with E-state index in [2.05, 4.69) is 63.0 Å². The highest BCUT2D eigenvalue weighted by atomic mass is 32.1. The van der Waals surface area contributed by atoms with Gasteiger partial charge in [-0.05, 0) is 63.0 Å². The van der Waals surface area contributed by atoms with Crippen LogP contribution in [0.4, 0.5) is 0 Å². The molecule has 3 rings (SSSR count). The van der Waals surface area contributed by atoms with Crippen LogP contribution in [0, 0.1) is 12.8 Å². The number of carbonyl (C=O) groups excluding carboxylic acids is 1. The highest BCUT2D eigenvalue weighted by molar-refractivity contribution is 7.11. The SMILES string of the molecule is C=C/C=C\c1c(-c2csc(/C(C)=C/C(=C\NC=O)CC)n2)c[nH]c1C.CCC.CCCCOC(CC)C1CC1. The van der Waals surface area contributed by atoms with Crippen LogP contribution < -0.4 is 5.32 Å². The minimum atomic E-state index is 0.585. The average Bonchev–Trinajstić information content (AvgIpc) is 3.54. The smallest absolute Gasteiger partial charge is 0.211 e. The number of aromatic amines is 1. The van der Waals surface area contributed by atoms with Gasteiger partial charge in [0.1, 0.15) is 5.01 Å². The van der Waals surface area contributed by atoms with Crippen LogP contribution in [0.15, 0.2) is 48.2 Å². The zero-order valence-electron chi connectivity index (χ0n) is 25.3. The summed E-state index contributed by atoms with van der Waals surface area (Å²) in [6.45, 7) is 19.5. The van der Waals surface area contributed by atoms with E-state index >= 15 is 0 Å². The van der Waals surface area contributed by atoms with Gasteiger partial charge in [-0.25, -0.2) is 4.98 Å². The fraction of sp³-hybridized carbons (Fsp3) is 0.515. The van der Waals surface area contributed by atoms with Crippen molar-refractivity contribution >= 4 is 29.4 Å². The second-order valence-electron chi connectivity index (χ2n) is 9.77. The molecule has 1 fully saturated rings. The van der Waals surface area contributed by atoms with Crippen molar-refractivity contribution in [3.63, 3.8) is 0 Å². The van der Waals surface area contributed by atoms with Gasteiger partial charge in [0.25, 0.3) is 0 Å². The number of unbranched alkanes of at least 4 members (excludes halogenated alkanes) is 1. The lowest BCUT2D eigenvalue weighted by Crippen LogP contribution is -2.14. The Balaban J connectivity index is 0.000000450. The Morgan fingerprint density at radius 2 is 2.00 bits per heavy atom. The third-order valence-electron chi connectivity index (χ3n) is 6.17. The first kappa shape index (κ1) is 34.3. The number of H-pyrrole nitrogens is 1. The number of rotatable bonds is 14. The van der Waals surface area contributed by atoms with Crippen LogP contribution in [0.25, 0.3) is 22.9 Å². The topological polar surface area (TPSA) is 67.0 Å². The number of hydrogen-bond acceptors (Lipinski definition) is 4. The molecule has 1 amide bonds. The molecular weight excluding hydrogens is 502 g/mol. The standard InChI is InChI=1S/C20H23N3OS.C10H20O.C3H8/c1-5-7-8-17-15(4)22-11-18(17)19-12-25-20(23-19)14(3)9-16(6-2)10-21-13-24;1-3-5-8-11-10(4-2)9-6-7-9;1-3-2/h5,7-13,22H,1,6H2,2-4H3,(H,21,24);9-10H,3-8H2,1-2H3;3H2,1-2H3/b8-7-,14-9+,16-10-;;. The van der Waals surface area contributed by atoms with Crippen molar-refractivity contribution < 1.29 is 9.53 Å². The van der Waals surface area contributed by atoms with Gasteiger partial charge in [0.15, 0.2) is 0 Å². The fourth-order valence-corrected chi connectivity index (χ4v) is 4.67. The third-order valence-corrected chi connectivity index (χ3v) is 7.15. The lowest BCUT2D eigenvalue weighted by atomic mass is 10.1. The van der Waals surface area contributed by atoms with Gasteiger partial charge in [0.2, 0.25) is 6.41 Å². The lowest BCUT2D eigenvalue weighted by molar-refractivity contribution is -0.108. The van der Waals surface area contributed by atoms with E-state index in [0.717, 1.165) is 57.6 Å². The molecule has 1 aliphatic carbocycles. The van der Waals surface area contributed by atoms with Crippen LogP contribution in [0.3, 0.4) is 0 Å². The lowest BCUT2D eigenvalue weighted by Gasteiger charge is -2.14. The number of amides is 1. The molecule has 1 saturated carbocycles. The molecule has 1 aliphatic rings. The number of nitrogens with one attached hydrogen (secondary N) is 2. The van der Waals surface area contributed by atoms with E-state index < -0.39 is 0 Å². The van der Waals surface area contributed by atoms with Crippen molar-refractivity contribution in [1.82, 2.24) is 15.3 Å². The van der Waals surface area contributed by atoms with Crippen molar-refractivity contribution in [2.45, 2.75) is 99.5 Å². The second-order valence-corrected chi connectivity index (χ2v) is 10.6. The number of aromatic nitrogens is 2. The molecular formula is C33H51N3O2S. The van der Waals surface area contributed by atoms with Crippen molar-refractivity contribution in [2.24, 2.45) is 5.92 Å². The van der Waals surface area contributed by atoms with Crippen molar-refractivity contribution in [3.8, 4) is 11.3 Å². The van der Waals surface area contributed by atoms with Crippen LogP contribution >= 0.6 is 11.3 Å². The summed E-state index contributed by atoms with van der Waals surface area (Å²) in [6.07, 6.45) is 21.3. The molecule has 0 saturated heterocycles. The number of aryl methyl sites for hydroxylation is 1. The molecule has 1 atom stereocenters. The molecule has 2 N–H and O–H groups in total. The van der Waals surface area contributed by atoms with Gasteiger partial charge >= 0.3 is 0 Å². The quantitative estimate of drug-likeness (QED) is 0.139. The molecule has 0 aliphatic heterocycles. The summed E-state index contributed by atoms with van der Waals surface area (Å²) in [7, 11) is 0. The van der Waals surface area contributed by atoms with E-state index in [4.69, 9.17) is 9.72 Å². The minimum Gasteiger partial charge on any atom is -0.378 e. The minimum absolute atomic E-state index is 0.585. The second kappa shape index (κ2) is 20.2. The number of nitrogens with zero attached hydrogens (tertiary/aromatic N) is 1. The monoisotopic (exact) mass is 553 g/mol. The Labute approximate surface area is 241 Å². The molecule has 5 nitrogen and oxygen atoms in total. The van der Waals surface area contributed by atoms with E-state index in [1.54, 1.807) is 23.6 Å². The summed E-state index contributed by atoms with van der Waals surface area (Å²) in [4.78, 5) is 18.5. The maximum Gasteiger partial charge on any atom is 0.211 e. The Kier molecular flexibility index (Phi) is 17.8. The fourth-order valence-electron chi connectivity index (χ4n) is 3.87. The van der Waals surface area contributed by atoms with E-state index in [9.17, 15) is 4.79 Å². The zero-order valence-corrected chi connectivity index (χ0v) is 26.1. The van der Waals surface area contributed by atoms with Crippen molar-refractivity contribution in [1.29, 1.82) is 0 Å². The summed E-state index contributed by atoms with van der Waals surface area (Å²) in [5.41, 5.74) is 6.39. The van der Waals surface area contributed by atoms with Crippen molar-refractivity contribution in [2.75, 3.05) is 6.61 Å². The van der Waals surface area contributed by atoms with Crippen LogP contribution in [0.1, 0.15) is 103 Å². The molecule has 0 radical (unpaired) electrons. The third kappa shape index (κ3) is 12.8. The molecule has 0 spiro atoms. The first-order valence-corrected chi connectivity index (χ1v) is 15.4. The largest absolute Gasteiger partial charge is 0.378 e. The molecule has 2 aromatic rings. The molecule has 2 aromatic heterocycles. The van der Waals surface area contributed by atoms with Gasteiger partial charge < -0.3 is 15.0 Å². The molecule has 39 heavy (non-hydrogen) atoms. The Hall–Kier alpha value is -2.70. The number of ether oxygens (including phenoxy) is 1. The first-order chi connectivity index (χ1) is 18.9. The number of carbonyl (C=O) groups is 1. The maximum atomic E-state index is 10.4. The normalized spacial score (nSPS) is 14.2. The van der Waals surface area contributed by atoms with E-state index in [1.165, 1.54) is 38.5 Å². The molecule has 2 heterocycles. The van der Waals surface area contributed by atoms with Gasteiger partial charge in [0, 0.05) is 41.2 Å². The summed E-state index contributed by atoms with van der Waals surface area (Å²) in [5.74, 6) is 0.914. The predicted octanol–water partition coefficient (Wildman–Crippen LogP) is 9.50. The molecule has 6 heteroatoms. The van der Waals surface area contributed by atoms with Crippen LogP contribution in [0.2, 0.25) is 0 Å². The van der Waals surface area contributed by atoms with Crippen LogP contribution in [-0.2, 0) is 9.53 Å². The molecule has 0 aromatic carbocycles. The highest BCUT2D eigenvalue weighted by Gasteiger charge is 2.30. The average molecular weight is 554 g/mol. The summed E-state index contributed by atoms with van der Waals surface area (Å²) in [6, 6.07) is 0. The summed E-state index contributed by atoms with van der Waals surface area (Å²) in [5, 5.41) is 5.63. The molecule has 0 bridgehead atoms. The predicted molar refractivity (Wildman–Crippen MR) is 171 cm³/mol. The van der Waals surface area contributed by atoms with Gasteiger partial charge in [-0.15, -0.1) is 11.3 Å². The summed E-state index contributed by atoms with van der Waals surface area (Å²) < 4.78 is 5.76.